The Labute approximate surface area is 71.3 Å². The molecule has 13 heavy (non-hydrogen) atoms. The quantitative estimate of drug-likeness (QED) is 0.701. The highest BCUT2D eigenvalue weighted by atomic mass is 19.4. The zero-order valence-corrected chi connectivity index (χ0v) is 6.30. The van der Waals surface area contributed by atoms with E-state index in [-0.39, 0.29) is 5.69 Å². The number of nitrogens with two attached hydrogens (primary N) is 2. The van der Waals surface area contributed by atoms with Gasteiger partial charge in [0, 0.05) is 6.20 Å². The summed E-state index contributed by atoms with van der Waals surface area (Å²) in [6.45, 7) is 0. The van der Waals surface area contributed by atoms with Crippen LogP contribution in [0, 0.1) is 0 Å². The third-order valence-electron chi connectivity index (χ3n) is 1.18. The first kappa shape index (κ1) is 9.43. The molecule has 0 spiro atoms. The molecule has 4 N–H and O–H groups in total. The van der Waals surface area contributed by atoms with Crippen molar-refractivity contribution in [2.75, 3.05) is 11.5 Å². The molecule has 0 saturated carbocycles. The average molecular weight is 193 g/mol. The van der Waals surface area contributed by atoms with Gasteiger partial charge in [0.1, 0.15) is 0 Å². The molecule has 0 amide bonds. The van der Waals surface area contributed by atoms with E-state index in [0.717, 1.165) is 6.07 Å². The van der Waals surface area contributed by atoms with Gasteiger partial charge in [-0.25, -0.2) is 4.98 Å². The minimum Gasteiger partial charge on any atom is -0.400 e. The number of alkyl halides is 3. The van der Waals surface area contributed by atoms with E-state index in [2.05, 4.69) is 9.72 Å². The van der Waals surface area contributed by atoms with Gasteiger partial charge in [-0.2, -0.15) is 0 Å². The summed E-state index contributed by atoms with van der Waals surface area (Å²) in [6.07, 6.45) is -3.63. The van der Waals surface area contributed by atoms with Gasteiger partial charge >= 0.3 is 6.36 Å². The molecule has 0 fully saturated rings. The predicted octanol–water partition coefficient (Wildman–Crippen LogP) is 1.14. The van der Waals surface area contributed by atoms with E-state index in [4.69, 9.17) is 11.5 Å². The number of pyridine rings is 1. The lowest BCUT2D eigenvalue weighted by atomic mass is 10.3. The number of nitrogens with zero attached hydrogens (tertiary/aromatic N) is 1. The van der Waals surface area contributed by atoms with E-state index >= 15 is 0 Å². The van der Waals surface area contributed by atoms with Gasteiger partial charge in [0.05, 0.1) is 5.69 Å². The number of halogens is 3. The van der Waals surface area contributed by atoms with Crippen molar-refractivity contribution in [3.05, 3.63) is 12.3 Å². The molecule has 0 bridgehead atoms. The predicted molar refractivity (Wildman–Crippen MR) is 39.7 cm³/mol. The summed E-state index contributed by atoms with van der Waals surface area (Å²) in [5.41, 5.74) is 10.1. The number of aromatic nitrogens is 1. The van der Waals surface area contributed by atoms with Crippen LogP contribution in [0.1, 0.15) is 0 Å². The fraction of sp³-hybridized carbons (Fsp3) is 0.167. The zero-order valence-electron chi connectivity index (χ0n) is 6.30. The van der Waals surface area contributed by atoms with Crippen molar-refractivity contribution in [2.45, 2.75) is 6.36 Å². The molecule has 0 aromatic carbocycles. The molecule has 7 heteroatoms. The largest absolute Gasteiger partial charge is 0.573 e. The van der Waals surface area contributed by atoms with Crippen LogP contribution in [0.4, 0.5) is 24.7 Å². The van der Waals surface area contributed by atoms with Gasteiger partial charge in [-0.05, 0) is 6.07 Å². The Morgan fingerprint density at radius 1 is 1.31 bits per heavy atom. The Balaban J connectivity index is 3.00. The lowest BCUT2D eigenvalue weighted by Gasteiger charge is -2.11. The van der Waals surface area contributed by atoms with Crippen LogP contribution in [-0.2, 0) is 0 Å². The highest BCUT2D eigenvalue weighted by Crippen LogP contribution is 2.31. The molecular formula is C6H6F3N3O. The summed E-state index contributed by atoms with van der Waals surface area (Å²) < 4.78 is 38.8. The minimum atomic E-state index is -4.81. The van der Waals surface area contributed by atoms with Gasteiger partial charge in [0.25, 0.3) is 0 Å². The summed E-state index contributed by atoms with van der Waals surface area (Å²) >= 11 is 0. The van der Waals surface area contributed by atoms with Gasteiger partial charge in [0.15, 0.2) is 11.6 Å². The van der Waals surface area contributed by atoms with E-state index in [0.29, 0.717) is 0 Å². The smallest absolute Gasteiger partial charge is 0.400 e. The molecule has 0 aliphatic rings. The van der Waals surface area contributed by atoms with Crippen LogP contribution < -0.4 is 16.2 Å². The Hall–Kier alpha value is -1.66. The minimum absolute atomic E-state index is 0.204. The lowest BCUT2D eigenvalue weighted by Crippen LogP contribution is -2.19. The topological polar surface area (TPSA) is 74.2 Å². The number of hydrogen-bond acceptors (Lipinski definition) is 4. The second-order valence-electron chi connectivity index (χ2n) is 2.16. The number of anilines is 2. The maximum Gasteiger partial charge on any atom is 0.573 e. The molecule has 1 aromatic rings. The molecule has 72 valence electrons. The molecular weight excluding hydrogens is 187 g/mol. The standard InChI is InChI=1S/C6H6F3N3O/c7-6(8,9)13-4-3(10)1-2-12-5(4)11/h1-2H,(H4,10,11,12). The Morgan fingerprint density at radius 3 is 2.38 bits per heavy atom. The van der Waals surface area contributed by atoms with Crippen molar-refractivity contribution < 1.29 is 17.9 Å². The van der Waals surface area contributed by atoms with Crippen LogP contribution in [0.5, 0.6) is 5.75 Å². The maximum atomic E-state index is 11.7. The van der Waals surface area contributed by atoms with Crippen LogP contribution in [0.25, 0.3) is 0 Å². The van der Waals surface area contributed by atoms with Gasteiger partial charge in [-0.15, -0.1) is 13.2 Å². The maximum absolute atomic E-state index is 11.7. The molecule has 4 nitrogen and oxygen atoms in total. The molecule has 0 aliphatic carbocycles. The normalized spacial score (nSPS) is 11.3. The van der Waals surface area contributed by atoms with Gasteiger partial charge in [0.2, 0.25) is 0 Å². The van der Waals surface area contributed by atoms with Crippen LogP contribution in [0.15, 0.2) is 12.3 Å². The summed E-state index contributed by atoms with van der Waals surface area (Å²) in [7, 11) is 0. The van der Waals surface area contributed by atoms with Crippen LogP contribution in [-0.4, -0.2) is 11.3 Å². The van der Waals surface area contributed by atoms with E-state index in [1.165, 1.54) is 6.20 Å². The van der Waals surface area contributed by atoms with E-state index in [1.54, 1.807) is 0 Å². The van der Waals surface area contributed by atoms with Crippen LogP contribution in [0.3, 0.4) is 0 Å². The molecule has 1 aromatic heterocycles. The molecule has 0 saturated heterocycles. The monoisotopic (exact) mass is 193 g/mol. The van der Waals surface area contributed by atoms with Gasteiger partial charge in [-0.3, -0.25) is 0 Å². The molecule has 0 aliphatic heterocycles. The van der Waals surface area contributed by atoms with E-state index in [9.17, 15) is 13.2 Å². The van der Waals surface area contributed by atoms with Crippen molar-refractivity contribution in [1.82, 2.24) is 4.98 Å². The number of rotatable bonds is 1. The summed E-state index contributed by atoms with van der Waals surface area (Å²) in [4.78, 5) is 3.40. The third kappa shape index (κ3) is 2.39. The second-order valence-corrected chi connectivity index (χ2v) is 2.16. The second kappa shape index (κ2) is 3.00. The number of hydrogen-bond donors (Lipinski definition) is 2. The van der Waals surface area contributed by atoms with E-state index < -0.39 is 17.9 Å². The molecule has 0 atom stereocenters. The van der Waals surface area contributed by atoms with Crippen molar-refractivity contribution in [3.63, 3.8) is 0 Å². The third-order valence-corrected chi connectivity index (χ3v) is 1.18. The van der Waals surface area contributed by atoms with Crippen LogP contribution >= 0.6 is 0 Å². The fourth-order valence-electron chi connectivity index (χ4n) is 0.707. The SMILES string of the molecule is Nc1ccnc(N)c1OC(F)(F)F. The molecule has 0 radical (unpaired) electrons. The van der Waals surface area contributed by atoms with Crippen molar-refractivity contribution in [3.8, 4) is 5.75 Å². The number of nitrogen functional groups attached to an aromatic ring is 2. The molecule has 1 heterocycles. The first-order valence-electron chi connectivity index (χ1n) is 3.16. The first-order chi connectivity index (χ1) is 5.90. The summed E-state index contributed by atoms with van der Waals surface area (Å²) in [5.74, 6) is -1.05. The van der Waals surface area contributed by atoms with Gasteiger partial charge in [-0.1, -0.05) is 0 Å². The number of ether oxygens (including phenoxy) is 1. The first-order valence-corrected chi connectivity index (χ1v) is 3.16. The summed E-state index contributed by atoms with van der Waals surface area (Å²) in [5, 5.41) is 0. The molecule has 1 rings (SSSR count). The Kier molecular flexibility index (Phi) is 2.18. The fourth-order valence-corrected chi connectivity index (χ4v) is 0.707. The summed E-state index contributed by atoms with van der Waals surface area (Å²) in [6, 6.07) is 1.16. The average Bonchev–Trinajstić information content (AvgIpc) is 1.95. The molecule has 0 unspecified atom stereocenters. The van der Waals surface area contributed by atoms with Crippen LogP contribution in [0.2, 0.25) is 0 Å². The Bertz CT molecular complexity index is 292. The van der Waals surface area contributed by atoms with Crippen molar-refractivity contribution >= 4 is 11.5 Å². The van der Waals surface area contributed by atoms with Crippen molar-refractivity contribution in [2.24, 2.45) is 0 Å². The highest BCUT2D eigenvalue weighted by molar-refractivity contribution is 5.62. The van der Waals surface area contributed by atoms with Crippen molar-refractivity contribution in [1.29, 1.82) is 0 Å². The lowest BCUT2D eigenvalue weighted by molar-refractivity contribution is -0.274. The Morgan fingerprint density at radius 2 is 1.92 bits per heavy atom. The van der Waals surface area contributed by atoms with Gasteiger partial charge < -0.3 is 16.2 Å². The zero-order chi connectivity index (χ0) is 10.1. The highest BCUT2D eigenvalue weighted by Gasteiger charge is 2.33. The van der Waals surface area contributed by atoms with E-state index in [1.807, 2.05) is 0 Å².